The molecule has 0 heterocycles. The molecule has 0 aliphatic heterocycles. The SMILES string of the molecule is N.N.O=P(O)(O)OS(=O)(=O)O.[Zn]. The normalized spacial score (nSPS) is 10.2. The van der Waals surface area contributed by atoms with Crippen LogP contribution in [0.5, 0.6) is 0 Å². The van der Waals surface area contributed by atoms with Crippen molar-refractivity contribution in [1.29, 1.82) is 0 Å². The van der Waals surface area contributed by atoms with Crippen LogP contribution >= 0.6 is 7.82 Å². The molecule has 0 rings (SSSR count). The van der Waals surface area contributed by atoms with Crippen molar-refractivity contribution in [2.75, 3.05) is 0 Å². The summed E-state index contributed by atoms with van der Waals surface area (Å²) in [6.07, 6.45) is 0. The van der Waals surface area contributed by atoms with Gasteiger partial charge in [-0.15, -0.1) is 3.97 Å². The second kappa shape index (κ2) is 7.01. The van der Waals surface area contributed by atoms with Crippen LogP contribution in [0.15, 0.2) is 0 Å². The van der Waals surface area contributed by atoms with E-state index in [0.29, 0.717) is 0 Å². The van der Waals surface area contributed by atoms with Crippen LogP contribution in [0, 0.1) is 0 Å². The van der Waals surface area contributed by atoms with Crippen molar-refractivity contribution in [2.45, 2.75) is 0 Å². The van der Waals surface area contributed by atoms with Gasteiger partial charge in [0.15, 0.2) is 0 Å². The third kappa shape index (κ3) is 22.4. The van der Waals surface area contributed by atoms with Crippen LogP contribution in [0.3, 0.4) is 0 Å². The molecule has 0 aliphatic carbocycles. The predicted molar refractivity (Wildman–Crippen MR) is 34.7 cm³/mol. The molecule has 9 N–H and O–H groups in total. The Morgan fingerprint density at radius 3 is 1.42 bits per heavy atom. The topological polar surface area (TPSA) is 191 Å². The van der Waals surface area contributed by atoms with Gasteiger partial charge in [0.25, 0.3) is 0 Å². The van der Waals surface area contributed by atoms with Crippen molar-refractivity contribution in [2.24, 2.45) is 0 Å². The number of hydrogen-bond acceptors (Lipinski definition) is 6. The smallest absolute Gasteiger partial charge is 0.344 e. The Morgan fingerprint density at radius 2 is 1.42 bits per heavy atom. The van der Waals surface area contributed by atoms with Gasteiger partial charge in [-0.3, -0.25) is 4.55 Å². The minimum absolute atomic E-state index is 0. The fourth-order valence-corrected chi connectivity index (χ4v) is 1.10. The van der Waals surface area contributed by atoms with Crippen LogP contribution in [0.25, 0.3) is 0 Å². The molecule has 0 aromatic carbocycles. The van der Waals surface area contributed by atoms with Gasteiger partial charge in [0, 0.05) is 19.5 Å². The van der Waals surface area contributed by atoms with E-state index >= 15 is 0 Å². The van der Waals surface area contributed by atoms with Gasteiger partial charge in [0.2, 0.25) is 0 Å². The van der Waals surface area contributed by atoms with Gasteiger partial charge < -0.3 is 22.1 Å². The first kappa shape index (κ1) is 22.9. The van der Waals surface area contributed by atoms with Gasteiger partial charge in [0.1, 0.15) is 0 Å². The molecule has 0 radical (unpaired) electrons. The molecule has 0 aromatic heterocycles. The maximum atomic E-state index is 9.58. The summed E-state index contributed by atoms with van der Waals surface area (Å²) < 4.78 is 39.0. The number of hydrogen-bond donors (Lipinski definition) is 5. The zero-order chi connectivity index (χ0) is 7.71. The molecule has 9 nitrogen and oxygen atoms in total. The third-order valence-electron chi connectivity index (χ3n) is 0.191. The Labute approximate surface area is 81.6 Å². The zero-order valence-electron chi connectivity index (χ0n) is 5.95. The fourth-order valence-electron chi connectivity index (χ4n) is 0.123. The van der Waals surface area contributed by atoms with E-state index in [1.54, 1.807) is 0 Å². The Hall–Kier alpha value is 0.563. The molecule has 0 unspecified atom stereocenters. The van der Waals surface area contributed by atoms with Gasteiger partial charge in [-0.2, -0.15) is 8.42 Å². The van der Waals surface area contributed by atoms with Crippen LogP contribution in [-0.4, -0.2) is 22.8 Å². The van der Waals surface area contributed by atoms with E-state index in [1.165, 1.54) is 0 Å². The molecule has 0 aromatic rings. The van der Waals surface area contributed by atoms with Crippen LogP contribution in [-0.2, 0) is 38.4 Å². The quantitative estimate of drug-likeness (QED) is 0.244. The molecule has 0 saturated carbocycles. The van der Waals surface area contributed by atoms with E-state index in [0.717, 1.165) is 0 Å². The van der Waals surface area contributed by atoms with E-state index in [1.807, 2.05) is 0 Å². The molecule has 0 aliphatic rings. The fraction of sp³-hybridized carbons (Fsp3) is 0. The largest absolute Gasteiger partial charge is 0.486 e. The van der Waals surface area contributed by atoms with E-state index in [9.17, 15) is 13.0 Å². The molecule has 0 fully saturated rings. The summed E-state index contributed by atoms with van der Waals surface area (Å²) in [5, 5.41) is 0. The molecule has 12 heteroatoms. The van der Waals surface area contributed by atoms with Gasteiger partial charge in [-0.05, 0) is 0 Å². The standard InChI is InChI=1S/2H3N.H3O7PS.Zn/c;;1-8(2,3)7-9(4,5)6;/h2*1H3;(H2,1,2,3)(H,4,5,6);. The van der Waals surface area contributed by atoms with E-state index < -0.39 is 18.2 Å². The van der Waals surface area contributed by atoms with Crippen LogP contribution in [0.4, 0.5) is 0 Å². The van der Waals surface area contributed by atoms with Crippen molar-refractivity contribution < 1.29 is 50.8 Å². The van der Waals surface area contributed by atoms with E-state index in [-0.39, 0.29) is 31.8 Å². The number of phosphoric acid groups is 1. The molecular formula is H9N2O7PSZn. The van der Waals surface area contributed by atoms with Gasteiger partial charge in [-0.1, -0.05) is 0 Å². The van der Waals surface area contributed by atoms with Gasteiger partial charge in [0.05, 0.1) is 0 Å². The summed E-state index contributed by atoms with van der Waals surface area (Å²) in [6, 6.07) is 0. The monoisotopic (exact) mass is 276 g/mol. The molecule has 0 spiro atoms. The molecule has 12 heavy (non-hydrogen) atoms. The molecule has 74 valence electrons. The summed E-state index contributed by atoms with van der Waals surface area (Å²) >= 11 is 0. The molecular weight excluding hydrogens is 268 g/mol. The van der Waals surface area contributed by atoms with Crippen molar-refractivity contribution in [1.82, 2.24) is 12.3 Å². The third-order valence-corrected chi connectivity index (χ3v) is 1.72. The Balaban J connectivity index is -0.000000107. The molecule has 0 amide bonds. The first-order valence-electron chi connectivity index (χ1n) is 1.45. The maximum Gasteiger partial charge on any atom is 0.486 e. The molecule has 0 atom stereocenters. The average Bonchev–Trinajstić information content (AvgIpc) is 1.14. The predicted octanol–water partition coefficient (Wildman–Crippen LogP) is -0.780. The minimum Gasteiger partial charge on any atom is -0.344 e. The second-order valence-corrected chi connectivity index (χ2v) is 3.43. The zero-order valence-corrected chi connectivity index (χ0v) is 10.6. The van der Waals surface area contributed by atoms with Crippen molar-refractivity contribution >= 4 is 18.2 Å². The van der Waals surface area contributed by atoms with Crippen molar-refractivity contribution in [3.05, 3.63) is 0 Å². The van der Waals surface area contributed by atoms with Crippen molar-refractivity contribution in [3.8, 4) is 0 Å². The summed E-state index contributed by atoms with van der Waals surface area (Å²) in [4.78, 5) is 15.4. The summed E-state index contributed by atoms with van der Waals surface area (Å²) in [7, 11) is -10.2. The summed E-state index contributed by atoms with van der Waals surface area (Å²) in [5.74, 6) is 0. The van der Waals surface area contributed by atoms with E-state index in [4.69, 9.17) is 14.3 Å². The number of rotatable bonds is 2. The molecule has 0 saturated heterocycles. The van der Waals surface area contributed by atoms with Gasteiger partial charge >= 0.3 is 18.2 Å². The summed E-state index contributed by atoms with van der Waals surface area (Å²) in [5.41, 5.74) is 0. The maximum absolute atomic E-state index is 9.58. The second-order valence-electron chi connectivity index (χ2n) is 0.993. The Kier molecular flexibility index (Phi) is 13.4. The Bertz CT molecular complexity index is 228. The van der Waals surface area contributed by atoms with E-state index in [2.05, 4.69) is 3.97 Å². The average molecular weight is 278 g/mol. The summed E-state index contributed by atoms with van der Waals surface area (Å²) in [6.45, 7) is 0. The first-order valence-corrected chi connectivity index (χ1v) is 4.34. The van der Waals surface area contributed by atoms with Crippen LogP contribution < -0.4 is 12.3 Å². The van der Waals surface area contributed by atoms with Crippen LogP contribution in [0.1, 0.15) is 0 Å². The van der Waals surface area contributed by atoms with Crippen LogP contribution in [0.2, 0.25) is 0 Å². The minimum atomic E-state index is -5.13. The Morgan fingerprint density at radius 1 is 1.17 bits per heavy atom. The molecule has 0 bridgehead atoms. The van der Waals surface area contributed by atoms with Crippen molar-refractivity contribution in [3.63, 3.8) is 0 Å². The first-order chi connectivity index (χ1) is 3.71. The van der Waals surface area contributed by atoms with Gasteiger partial charge in [-0.25, -0.2) is 4.57 Å².